The minimum absolute atomic E-state index is 0. The van der Waals surface area contributed by atoms with E-state index in [1.165, 1.54) is 0 Å². The molecule has 0 aliphatic heterocycles. The third kappa shape index (κ3) is 6.09. The maximum atomic E-state index is 4.97. The van der Waals surface area contributed by atoms with Crippen molar-refractivity contribution in [2.45, 2.75) is 6.92 Å². The lowest BCUT2D eigenvalue weighted by Crippen LogP contribution is -3.00. The Morgan fingerprint density at radius 1 is 1.33 bits per heavy atom. The summed E-state index contributed by atoms with van der Waals surface area (Å²) in [5.74, 6) is 0. The Hall–Kier alpha value is 0.210. The number of quaternary nitrogens is 1. The molecule has 0 unspecified atom stereocenters. The van der Waals surface area contributed by atoms with Crippen molar-refractivity contribution in [1.82, 2.24) is 0 Å². The number of methoxy groups -OCH3 is 1. The Labute approximate surface area is 63.8 Å². The average molecular weight is 154 g/mol. The van der Waals surface area contributed by atoms with Crippen molar-refractivity contribution in [1.29, 1.82) is 0 Å². The molecule has 0 atom stereocenters. The maximum absolute atomic E-state index is 4.97. The molecule has 0 bridgehead atoms. The Kier molecular flexibility index (Phi) is 6.68. The molecule has 0 spiro atoms. The standard InChI is InChI=1S/C6H16NO.ClH/c1-5-7(2,3)6-8-4;/h5-6H2,1-4H3;1H/q+1;/p-1. The van der Waals surface area contributed by atoms with Gasteiger partial charge in [-0.2, -0.15) is 0 Å². The van der Waals surface area contributed by atoms with E-state index in [9.17, 15) is 0 Å². The van der Waals surface area contributed by atoms with E-state index in [0.29, 0.717) is 0 Å². The topological polar surface area (TPSA) is 9.23 Å². The highest BCUT2D eigenvalue weighted by Gasteiger charge is 2.08. The van der Waals surface area contributed by atoms with Crippen LogP contribution in [0.3, 0.4) is 0 Å². The fraction of sp³-hybridized carbons (Fsp3) is 1.00. The minimum Gasteiger partial charge on any atom is -1.00 e. The first kappa shape index (κ1) is 11.9. The smallest absolute Gasteiger partial charge is 0.182 e. The van der Waals surface area contributed by atoms with Gasteiger partial charge in [-0.1, -0.05) is 0 Å². The number of halogens is 1. The van der Waals surface area contributed by atoms with Crippen molar-refractivity contribution in [3.63, 3.8) is 0 Å². The number of hydrogen-bond acceptors (Lipinski definition) is 1. The molecule has 0 fully saturated rings. The highest BCUT2D eigenvalue weighted by atomic mass is 35.5. The molecule has 9 heavy (non-hydrogen) atoms. The van der Waals surface area contributed by atoms with Crippen LogP contribution in [0.4, 0.5) is 0 Å². The van der Waals surface area contributed by atoms with E-state index in [1.807, 2.05) is 0 Å². The van der Waals surface area contributed by atoms with Gasteiger partial charge in [-0.15, -0.1) is 0 Å². The molecule has 0 aromatic heterocycles. The molecular formula is C6H16ClNO. The molecule has 3 heteroatoms. The molecular weight excluding hydrogens is 138 g/mol. The number of hydrogen-bond donors (Lipinski definition) is 0. The molecule has 0 aliphatic rings. The molecule has 0 amide bonds. The van der Waals surface area contributed by atoms with Gasteiger partial charge in [0.2, 0.25) is 0 Å². The fourth-order valence-electron chi connectivity index (χ4n) is 0.441. The van der Waals surface area contributed by atoms with E-state index in [-0.39, 0.29) is 12.4 Å². The van der Waals surface area contributed by atoms with Crippen LogP contribution in [0, 0.1) is 0 Å². The lowest BCUT2D eigenvalue weighted by Gasteiger charge is -2.26. The molecule has 0 rings (SSSR count). The van der Waals surface area contributed by atoms with E-state index in [2.05, 4.69) is 21.0 Å². The summed E-state index contributed by atoms with van der Waals surface area (Å²) >= 11 is 0. The molecule has 0 aliphatic carbocycles. The second kappa shape index (κ2) is 5.03. The van der Waals surface area contributed by atoms with Gasteiger partial charge in [-0.3, -0.25) is 0 Å². The van der Waals surface area contributed by atoms with Gasteiger partial charge in [-0.05, 0) is 6.92 Å². The van der Waals surface area contributed by atoms with Gasteiger partial charge in [0, 0.05) is 7.11 Å². The molecule has 0 N–H and O–H groups in total. The van der Waals surface area contributed by atoms with Crippen LogP contribution in [0.5, 0.6) is 0 Å². The summed E-state index contributed by atoms with van der Waals surface area (Å²) < 4.78 is 5.91. The Morgan fingerprint density at radius 3 is 1.89 bits per heavy atom. The van der Waals surface area contributed by atoms with Crippen molar-refractivity contribution in [3.8, 4) is 0 Å². The van der Waals surface area contributed by atoms with E-state index in [0.717, 1.165) is 17.8 Å². The van der Waals surface area contributed by atoms with Crippen LogP contribution in [0.1, 0.15) is 6.92 Å². The van der Waals surface area contributed by atoms with Gasteiger partial charge in [-0.25, -0.2) is 0 Å². The molecule has 0 radical (unpaired) electrons. The van der Waals surface area contributed by atoms with Crippen LogP contribution in [-0.4, -0.2) is 39.0 Å². The molecule has 0 heterocycles. The van der Waals surface area contributed by atoms with E-state index < -0.39 is 0 Å². The van der Waals surface area contributed by atoms with Gasteiger partial charge in [0.15, 0.2) is 6.73 Å². The second-order valence-corrected chi connectivity index (χ2v) is 2.67. The summed E-state index contributed by atoms with van der Waals surface area (Å²) in [5.41, 5.74) is 0. The van der Waals surface area contributed by atoms with E-state index in [4.69, 9.17) is 4.74 Å². The number of ether oxygens (including phenoxy) is 1. The summed E-state index contributed by atoms with van der Waals surface area (Å²) in [6.07, 6.45) is 0. The van der Waals surface area contributed by atoms with Gasteiger partial charge < -0.3 is 21.6 Å². The highest BCUT2D eigenvalue weighted by Crippen LogP contribution is 1.93. The van der Waals surface area contributed by atoms with Crippen LogP contribution in [0.25, 0.3) is 0 Å². The predicted molar refractivity (Wildman–Crippen MR) is 34.5 cm³/mol. The van der Waals surface area contributed by atoms with Crippen molar-refractivity contribution < 1.29 is 21.6 Å². The lowest BCUT2D eigenvalue weighted by atomic mass is 10.6. The summed E-state index contributed by atoms with van der Waals surface area (Å²) in [5, 5.41) is 0. The summed E-state index contributed by atoms with van der Waals surface area (Å²) in [4.78, 5) is 0. The van der Waals surface area contributed by atoms with Gasteiger partial charge in [0.1, 0.15) is 0 Å². The molecule has 0 saturated carbocycles. The van der Waals surface area contributed by atoms with E-state index >= 15 is 0 Å². The summed E-state index contributed by atoms with van der Waals surface area (Å²) in [6, 6.07) is 0. The second-order valence-electron chi connectivity index (χ2n) is 2.67. The zero-order valence-corrected chi connectivity index (χ0v) is 7.40. The molecule has 0 saturated heterocycles. The van der Waals surface area contributed by atoms with Crippen LogP contribution in [0.15, 0.2) is 0 Å². The summed E-state index contributed by atoms with van der Waals surface area (Å²) in [6.45, 7) is 4.07. The van der Waals surface area contributed by atoms with Crippen molar-refractivity contribution >= 4 is 0 Å². The van der Waals surface area contributed by atoms with Crippen LogP contribution in [0.2, 0.25) is 0 Å². The lowest BCUT2D eigenvalue weighted by molar-refractivity contribution is -0.907. The fourth-order valence-corrected chi connectivity index (χ4v) is 0.441. The van der Waals surface area contributed by atoms with Crippen molar-refractivity contribution in [3.05, 3.63) is 0 Å². The van der Waals surface area contributed by atoms with Crippen LogP contribution in [-0.2, 0) is 4.74 Å². The van der Waals surface area contributed by atoms with E-state index in [1.54, 1.807) is 7.11 Å². The third-order valence-electron chi connectivity index (χ3n) is 1.33. The minimum atomic E-state index is 0. The first-order valence-corrected chi connectivity index (χ1v) is 2.93. The molecule has 2 nitrogen and oxygen atoms in total. The molecule has 0 aromatic carbocycles. The zero-order valence-electron chi connectivity index (χ0n) is 6.65. The number of rotatable bonds is 3. The first-order valence-electron chi connectivity index (χ1n) is 2.93. The number of nitrogens with zero attached hydrogens (tertiary/aromatic N) is 1. The zero-order chi connectivity index (χ0) is 6.62. The van der Waals surface area contributed by atoms with Gasteiger partial charge in [0.05, 0.1) is 20.6 Å². The van der Waals surface area contributed by atoms with Gasteiger partial charge in [0.25, 0.3) is 0 Å². The SMILES string of the molecule is CC[N+](C)(C)COC.[Cl-]. The Morgan fingerprint density at radius 2 is 1.78 bits per heavy atom. The van der Waals surface area contributed by atoms with Crippen molar-refractivity contribution in [2.75, 3.05) is 34.5 Å². The average Bonchev–Trinajstić information content (AvgIpc) is 1.67. The highest BCUT2D eigenvalue weighted by molar-refractivity contribution is 4.13. The third-order valence-corrected chi connectivity index (χ3v) is 1.33. The summed E-state index contributed by atoms with van der Waals surface area (Å²) in [7, 11) is 6.02. The quantitative estimate of drug-likeness (QED) is 0.327. The predicted octanol–water partition coefficient (Wildman–Crippen LogP) is -2.31. The van der Waals surface area contributed by atoms with Gasteiger partial charge >= 0.3 is 0 Å². The Balaban J connectivity index is 0. The first-order chi connectivity index (χ1) is 3.62. The molecule has 0 aromatic rings. The Bertz CT molecular complexity index is 66.1. The van der Waals surface area contributed by atoms with Crippen molar-refractivity contribution in [2.24, 2.45) is 0 Å². The maximum Gasteiger partial charge on any atom is 0.182 e. The van der Waals surface area contributed by atoms with Crippen LogP contribution >= 0.6 is 0 Å². The largest absolute Gasteiger partial charge is 1.00 e. The normalized spacial score (nSPS) is 10.7. The van der Waals surface area contributed by atoms with Crippen LogP contribution < -0.4 is 12.4 Å². The molecule has 58 valence electrons. The monoisotopic (exact) mass is 153 g/mol.